The predicted molar refractivity (Wildman–Crippen MR) is 151 cm³/mol. The largest absolute Gasteiger partial charge is 0.383 e. The number of nitrogens with one attached hydrogen (secondary N) is 2. The van der Waals surface area contributed by atoms with Gasteiger partial charge in [0.05, 0.1) is 5.56 Å². The number of nitrogens with two attached hydrogens (primary N) is 1. The summed E-state index contributed by atoms with van der Waals surface area (Å²) >= 11 is 3.20. The Labute approximate surface area is 226 Å². The van der Waals surface area contributed by atoms with Gasteiger partial charge in [-0.05, 0) is 66.5 Å². The van der Waals surface area contributed by atoms with Crippen LogP contribution in [0.2, 0.25) is 0 Å². The van der Waals surface area contributed by atoms with Crippen molar-refractivity contribution in [2.45, 2.75) is 45.5 Å². The van der Waals surface area contributed by atoms with Crippen molar-refractivity contribution in [2.24, 2.45) is 0 Å². The highest BCUT2D eigenvalue weighted by molar-refractivity contribution is 9.18. The molecule has 0 atom stereocenters. The SMILES string of the molecule is CCCC(F)(F)c1cc(NCCN2CCCC2)c(C)c(N2CCN(c3ncnc(N)c3C(=N)Br)CC2)c1. The van der Waals surface area contributed by atoms with E-state index in [1.807, 2.05) is 6.92 Å². The Kier molecular flexibility index (Phi) is 8.84. The third kappa shape index (κ3) is 6.31. The van der Waals surface area contributed by atoms with E-state index in [0.29, 0.717) is 44.0 Å². The van der Waals surface area contributed by atoms with Crippen LogP contribution in [0.1, 0.15) is 49.3 Å². The van der Waals surface area contributed by atoms with Gasteiger partial charge in [0.15, 0.2) is 0 Å². The van der Waals surface area contributed by atoms with E-state index < -0.39 is 5.92 Å². The summed E-state index contributed by atoms with van der Waals surface area (Å²) < 4.78 is 30.4. The van der Waals surface area contributed by atoms with Crippen LogP contribution < -0.4 is 20.9 Å². The van der Waals surface area contributed by atoms with Gasteiger partial charge in [-0.25, -0.2) is 18.7 Å². The van der Waals surface area contributed by atoms with Gasteiger partial charge in [-0.2, -0.15) is 0 Å². The molecule has 0 amide bonds. The molecular formula is C26H37BrF2N8. The molecule has 2 fully saturated rings. The summed E-state index contributed by atoms with van der Waals surface area (Å²) in [5, 5.41) is 11.5. The van der Waals surface area contributed by atoms with Crippen LogP contribution in [0, 0.1) is 12.3 Å². The molecule has 0 radical (unpaired) electrons. The summed E-state index contributed by atoms with van der Waals surface area (Å²) in [5.41, 5.74) is 9.15. The number of nitrogens with zero attached hydrogens (tertiary/aromatic N) is 5. The summed E-state index contributed by atoms with van der Waals surface area (Å²) in [6.45, 7) is 10.2. The van der Waals surface area contributed by atoms with E-state index in [9.17, 15) is 0 Å². The minimum atomic E-state index is -2.88. The Morgan fingerprint density at radius 3 is 2.43 bits per heavy atom. The molecular weight excluding hydrogens is 542 g/mol. The van der Waals surface area contributed by atoms with Crippen LogP contribution in [-0.4, -0.2) is 71.8 Å². The smallest absolute Gasteiger partial charge is 0.273 e. The molecule has 1 aromatic heterocycles. The number of likely N-dealkylation sites (tertiary alicyclic amines) is 1. The molecule has 3 heterocycles. The Bertz CT molecular complexity index is 1100. The summed E-state index contributed by atoms with van der Waals surface area (Å²) in [4.78, 5) is 15.1. The van der Waals surface area contributed by atoms with Gasteiger partial charge in [0, 0.05) is 62.6 Å². The van der Waals surface area contributed by atoms with Gasteiger partial charge in [-0.15, -0.1) is 0 Å². The molecule has 0 saturated carbocycles. The maximum Gasteiger partial charge on any atom is 0.273 e. The van der Waals surface area contributed by atoms with Crippen molar-refractivity contribution < 1.29 is 8.78 Å². The van der Waals surface area contributed by atoms with E-state index in [-0.39, 0.29) is 22.4 Å². The van der Waals surface area contributed by atoms with Crippen LogP contribution in [0.3, 0.4) is 0 Å². The van der Waals surface area contributed by atoms with E-state index in [4.69, 9.17) is 11.1 Å². The third-order valence-electron chi connectivity index (χ3n) is 7.30. The first-order valence-corrected chi connectivity index (χ1v) is 13.8. The number of benzene rings is 1. The van der Waals surface area contributed by atoms with Crippen molar-refractivity contribution in [1.29, 1.82) is 5.41 Å². The first-order chi connectivity index (χ1) is 17.7. The van der Waals surface area contributed by atoms with Crippen LogP contribution in [0.4, 0.5) is 31.8 Å². The van der Waals surface area contributed by atoms with Gasteiger partial charge in [-0.3, -0.25) is 5.41 Å². The highest BCUT2D eigenvalue weighted by Crippen LogP contribution is 2.39. The van der Waals surface area contributed by atoms with Gasteiger partial charge >= 0.3 is 0 Å². The van der Waals surface area contributed by atoms with Crippen LogP contribution >= 0.6 is 15.9 Å². The summed E-state index contributed by atoms with van der Waals surface area (Å²) in [7, 11) is 0. The molecule has 2 aromatic rings. The number of hydrogen-bond donors (Lipinski definition) is 3. The topological polar surface area (TPSA) is 97.4 Å². The van der Waals surface area contributed by atoms with Crippen LogP contribution in [-0.2, 0) is 5.92 Å². The summed E-state index contributed by atoms with van der Waals surface area (Å²) in [6.07, 6.45) is 4.11. The fraction of sp³-hybridized carbons (Fsp3) is 0.577. The number of rotatable bonds is 10. The van der Waals surface area contributed by atoms with E-state index in [1.165, 1.54) is 19.2 Å². The van der Waals surface area contributed by atoms with Gasteiger partial charge in [0.2, 0.25) is 0 Å². The molecule has 0 bridgehead atoms. The van der Waals surface area contributed by atoms with E-state index >= 15 is 8.78 Å². The zero-order valence-electron chi connectivity index (χ0n) is 21.7. The number of aromatic nitrogens is 2. The van der Waals surface area contributed by atoms with Gasteiger partial charge in [-0.1, -0.05) is 13.3 Å². The van der Waals surface area contributed by atoms with E-state index in [1.54, 1.807) is 19.1 Å². The van der Waals surface area contributed by atoms with Crippen molar-refractivity contribution in [3.05, 3.63) is 35.2 Å². The molecule has 4 rings (SSSR count). The first-order valence-electron chi connectivity index (χ1n) is 13.0. The molecule has 37 heavy (non-hydrogen) atoms. The first kappa shape index (κ1) is 27.5. The Balaban J connectivity index is 1.55. The average Bonchev–Trinajstić information content (AvgIpc) is 3.38. The standard InChI is InChI=1S/C26H37BrF2N8/c1-3-6-26(28,29)19-15-20(32-7-10-35-8-4-5-9-35)18(2)21(16-19)36-11-13-37(14-12-36)25-22(23(27)30)24(31)33-17-34-25/h15-17,30,32H,3-14H2,1-2H3,(H2,31,33,34). The zero-order valence-corrected chi connectivity index (χ0v) is 23.3. The van der Waals surface area contributed by atoms with E-state index in [0.717, 1.165) is 43.1 Å². The van der Waals surface area contributed by atoms with E-state index in [2.05, 4.69) is 45.9 Å². The Hall–Kier alpha value is -2.53. The molecule has 202 valence electrons. The molecule has 0 aliphatic carbocycles. The van der Waals surface area contributed by atoms with Crippen molar-refractivity contribution in [3.8, 4) is 0 Å². The highest BCUT2D eigenvalue weighted by Gasteiger charge is 2.33. The molecule has 11 heteroatoms. The molecule has 4 N–H and O–H groups in total. The Morgan fingerprint density at radius 1 is 1.11 bits per heavy atom. The molecule has 2 aliphatic heterocycles. The van der Waals surface area contributed by atoms with Crippen LogP contribution in [0.5, 0.6) is 0 Å². The molecule has 0 unspecified atom stereocenters. The quantitative estimate of drug-likeness (QED) is 0.348. The number of nitrogen functional groups attached to an aromatic ring is 1. The normalized spacial score (nSPS) is 16.9. The second kappa shape index (κ2) is 11.9. The molecule has 8 nitrogen and oxygen atoms in total. The lowest BCUT2D eigenvalue weighted by atomic mass is 9.98. The lowest BCUT2D eigenvalue weighted by Crippen LogP contribution is -2.47. The van der Waals surface area contributed by atoms with Crippen molar-refractivity contribution >= 4 is 43.6 Å². The lowest BCUT2D eigenvalue weighted by Gasteiger charge is -2.38. The minimum Gasteiger partial charge on any atom is -0.383 e. The van der Waals surface area contributed by atoms with Crippen molar-refractivity contribution in [3.63, 3.8) is 0 Å². The van der Waals surface area contributed by atoms with Gasteiger partial charge in [0.25, 0.3) is 5.92 Å². The lowest BCUT2D eigenvalue weighted by molar-refractivity contribution is -0.0139. The fourth-order valence-corrected chi connectivity index (χ4v) is 5.61. The summed E-state index contributed by atoms with van der Waals surface area (Å²) in [5.74, 6) is -2.02. The maximum absolute atomic E-state index is 15.1. The van der Waals surface area contributed by atoms with Crippen molar-refractivity contribution in [1.82, 2.24) is 14.9 Å². The van der Waals surface area contributed by atoms with Crippen LogP contribution in [0.15, 0.2) is 18.5 Å². The second-order valence-corrected chi connectivity index (χ2v) is 10.6. The maximum atomic E-state index is 15.1. The number of alkyl halides is 2. The number of halogens is 3. The third-order valence-corrected chi connectivity index (χ3v) is 7.70. The molecule has 0 spiro atoms. The monoisotopic (exact) mass is 578 g/mol. The van der Waals surface area contributed by atoms with Gasteiger partial charge < -0.3 is 25.8 Å². The van der Waals surface area contributed by atoms with Crippen LogP contribution in [0.25, 0.3) is 0 Å². The predicted octanol–water partition coefficient (Wildman–Crippen LogP) is 4.81. The number of piperazine rings is 1. The number of anilines is 4. The Morgan fingerprint density at radius 2 is 1.78 bits per heavy atom. The summed E-state index contributed by atoms with van der Waals surface area (Å²) in [6, 6.07) is 3.32. The minimum absolute atomic E-state index is 0.0691. The molecule has 1 aromatic carbocycles. The van der Waals surface area contributed by atoms with Crippen molar-refractivity contribution in [2.75, 3.05) is 73.2 Å². The highest BCUT2D eigenvalue weighted by atomic mass is 79.9. The zero-order chi connectivity index (χ0) is 26.6. The fourth-order valence-electron chi connectivity index (χ4n) is 5.23. The number of hydrogen-bond acceptors (Lipinski definition) is 8. The molecule has 2 aliphatic rings. The second-order valence-electron chi connectivity index (χ2n) is 9.84. The van der Waals surface area contributed by atoms with Gasteiger partial charge in [0.1, 0.15) is 22.6 Å². The molecule has 2 saturated heterocycles. The average molecular weight is 580 g/mol.